The summed E-state index contributed by atoms with van der Waals surface area (Å²) in [4.78, 5) is 7.12. The van der Waals surface area contributed by atoms with Crippen molar-refractivity contribution in [2.24, 2.45) is 0 Å². The van der Waals surface area contributed by atoms with Crippen molar-refractivity contribution in [2.45, 2.75) is 32.5 Å². The highest BCUT2D eigenvalue weighted by Crippen LogP contribution is 2.21. The molecule has 2 heterocycles. The second-order valence-corrected chi connectivity index (χ2v) is 5.47. The van der Waals surface area contributed by atoms with Gasteiger partial charge in [-0.1, -0.05) is 0 Å². The molecule has 4 nitrogen and oxygen atoms in total. The number of aromatic nitrogens is 1. The van der Waals surface area contributed by atoms with E-state index >= 15 is 0 Å². The lowest BCUT2D eigenvalue weighted by molar-refractivity contribution is 0.118. The monoisotopic (exact) mass is 327 g/mol. The Bertz CT molecular complexity index is 364. The zero-order chi connectivity index (χ0) is 12.3. The summed E-state index contributed by atoms with van der Waals surface area (Å²) in [6, 6.07) is 0.591. The summed E-state index contributed by atoms with van der Waals surface area (Å²) in [6.07, 6.45) is 0.106. The van der Waals surface area contributed by atoms with Crippen molar-refractivity contribution in [2.75, 3.05) is 26.7 Å². The number of hydrogen-bond acceptors (Lipinski definition) is 5. The van der Waals surface area contributed by atoms with Crippen LogP contribution in [-0.2, 0) is 11.3 Å². The minimum absolute atomic E-state index is 0. The summed E-state index contributed by atoms with van der Waals surface area (Å²) in [5.41, 5.74) is 1.17. The van der Waals surface area contributed by atoms with E-state index in [-0.39, 0.29) is 30.9 Å². The van der Waals surface area contributed by atoms with Gasteiger partial charge in [0.05, 0.1) is 5.69 Å². The van der Waals surface area contributed by atoms with Gasteiger partial charge < -0.3 is 10.1 Å². The first-order chi connectivity index (χ1) is 8.20. The van der Waals surface area contributed by atoms with Gasteiger partial charge in [-0.3, -0.25) is 4.90 Å². The van der Waals surface area contributed by atoms with Crippen molar-refractivity contribution in [1.29, 1.82) is 0 Å². The zero-order valence-electron chi connectivity index (χ0n) is 11.6. The van der Waals surface area contributed by atoms with E-state index in [0.717, 1.165) is 31.2 Å². The molecule has 19 heavy (non-hydrogen) atoms. The van der Waals surface area contributed by atoms with Gasteiger partial charge in [-0.2, -0.15) is 0 Å². The van der Waals surface area contributed by atoms with Crippen molar-refractivity contribution in [3.8, 4) is 0 Å². The maximum atomic E-state index is 5.28. The van der Waals surface area contributed by atoms with Gasteiger partial charge >= 0.3 is 0 Å². The molecule has 1 fully saturated rings. The Hall–Kier alpha value is 0.0900. The summed E-state index contributed by atoms with van der Waals surface area (Å²) in [5, 5.41) is 6.63. The average molecular weight is 328 g/mol. The van der Waals surface area contributed by atoms with Crippen molar-refractivity contribution in [3.63, 3.8) is 0 Å². The molecule has 0 saturated carbocycles. The number of nitrogens with one attached hydrogen (secondary N) is 1. The van der Waals surface area contributed by atoms with E-state index < -0.39 is 0 Å². The zero-order valence-corrected chi connectivity index (χ0v) is 14.0. The third-order valence-electron chi connectivity index (χ3n) is 3.27. The SMILES string of the molecule is COC(C)c1nc(CN2CCNC[C@@H]2C)cs1.Cl.Cl. The van der Waals surface area contributed by atoms with Gasteiger partial charge in [0.1, 0.15) is 11.1 Å². The van der Waals surface area contributed by atoms with Crippen molar-refractivity contribution >= 4 is 36.2 Å². The number of thiazole rings is 1. The Labute approximate surface area is 131 Å². The van der Waals surface area contributed by atoms with E-state index in [1.54, 1.807) is 18.4 Å². The fourth-order valence-electron chi connectivity index (χ4n) is 2.01. The van der Waals surface area contributed by atoms with E-state index in [1.807, 2.05) is 6.92 Å². The third kappa shape index (κ3) is 5.17. The Balaban J connectivity index is 0.00000162. The highest BCUT2D eigenvalue weighted by molar-refractivity contribution is 7.09. The molecule has 1 aliphatic rings. The van der Waals surface area contributed by atoms with Gasteiger partial charge in [-0.25, -0.2) is 4.98 Å². The minimum atomic E-state index is 0. The molecular formula is C12H23Cl2N3OS. The number of halogens is 2. The molecule has 0 radical (unpaired) electrons. The Morgan fingerprint density at radius 1 is 1.58 bits per heavy atom. The van der Waals surface area contributed by atoms with Crippen LogP contribution in [0.15, 0.2) is 5.38 Å². The molecule has 2 rings (SSSR count). The molecule has 1 saturated heterocycles. The van der Waals surface area contributed by atoms with E-state index in [4.69, 9.17) is 4.74 Å². The summed E-state index contributed by atoms with van der Waals surface area (Å²) < 4.78 is 5.28. The quantitative estimate of drug-likeness (QED) is 0.921. The second-order valence-electron chi connectivity index (χ2n) is 4.58. The molecule has 112 valence electrons. The lowest BCUT2D eigenvalue weighted by atomic mass is 10.2. The highest BCUT2D eigenvalue weighted by Gasteiger charge is 2.19. The smallest absolute Gasteiger partial charge is 0.122 e. The molecule has 1 unspecified atom stereocenters. The van der Waals surface area contributed by atoms with E-state index in [9.17, 15) is 0 Å². The molecule has 0 aromatic carbocycles. The maximum absolute atomic E-state index is 5.28. The predicted molar refractivity (Wildman–Crippen MR) is 84.8 cm³/mol. The van der Waals surface area contributed by atoms with Crippen LogP contribution in [0.2, 0.25) is 0 Å². The topological polar surface area (TPSA) is 37.4 Å². The Morgan fingerprint density at radius 3 is 2.95 bits per heavy atom. The molecule has 7 heteroatoms. The average Bonchev–Trinajstić information content (AvgIpc) is 2.80. The third-order valence-corrected chi connectivity index (χ3v) is 4.33. The van der Waals surface area contributed by atoms with Gasteiger partial charge in [0.15, 0.2) is 0 Å². The van der Waals surface area contributed by atoms with Crippen molar-refractivity contribution in [3.05, 3.63) is 16.1 Å². The van der Waals surface area contributed by atoms with Crippen molar-refractivity contribution in [1.82, 2.24) is 15.2 Å². The summed E-state index contributed by atoms with van der Waals surface area (Å²) in [5.74, 6) is 0. The first-order valence-corrected chi connectivity index (χ1v) is 7.00. The van der Waals surface area contributed by atoms with Crippen LogP contribution in [-0.4, -0.2) is 42.7 Å². The lowest BCUT2D eigenvalue weighted by Gasteiger charge is -2.33. The predicted octanol–water partition coefficient (Wildman–Crippen LogP) is 2.49. The number of piperazine rings is 1. The summed E-state index contributed by atoms with van der Waals surface area (Å²) >= 11 is 1.69. The van der Waals surface area contributed by atoms with Gasteiger partial charge in [0, 0.05) is 44.7 Å². The van der Waals surface area contributed by atoms with Crippen molar-refractivity contribution < 1.29 is 4.74 Å². The molecule has 0 spiro atoms. The van der Waals surface area contributed by atoms with E-state index in [0.29, 0.717) is 6.04 Å². The first-order valence-electron chi connectivity index (χ1n) is 6.12. The normalized spacial score (nSPS) is 21.3. The number of nitrogens with zero attached hydrogens (tertiary/aromatic N) is 2. The number of methoxy groups -OCH3 is 1. The van der Waals surface area contributed by atoms with Crippen LogP contribution in [0.1, 0.15) is 30.7 Å². The van der Waals surface area contributed by atoms with Crippen LogP contribution in [0.25, 0.3) is 0 Å². The first kappa shape index (κ1) is 19.1. The van der Waals surface area contributed by atoms with Gasteiger partial charge in [0.2, 0.25) is 0 Å². The summed E-state index contributed by atoms with van der Waals surface area (Å²) in [7, 11) is 1.73. The molecular weight excluding hydrogens is 305 g/mol. The largest absolute Gasteiger partial charge is 0.375 e. The second kappa shape index (κ2) is 9.10. The number of ether oxygens (including phenoxy) is 1. The van der Waals surface area contributed by atoms with Gasteiger partial charge in [-0.15, -0.1) is 36.2 Å². The van der Waals surface area contributed by atoms with Gasteiger partial charge in [-0.05, 0) is 13.8 Å². The van der Waals surface area contributed by atoms with E-state index in [2.05, 4.69) is 27.5 Å². The van der Waals surface area contributed by atoms with Crippen LogP contribution >= 0.6 is 36.2 Å². The van der Waals surface area contributed by atoms with Gasteiger partial charge in [0.25, 0.3) is 0 Å². The maximum Gasteiger partial charge on any atom is 0.122 e. The van der Waals surface area contributed by atoms with Crippen LogP contribution in [0, 0.1) is 0 Å². The lowest BCUT2D eigenvalue weighted by Crippen LogP contribution is -2.49. The highest BCUT2D eigenvalue weighted by atomic mass is 35.5. The fourth-order valence-corrected chi connectivity index (χ4v) is 2.85. The molecule has 0 bridgehead atoms. The molecule has 1 aromatic heterocycles. The Kier molecular flexibility index (Phi) is 9.15. The number of rotatable bonds is 4. The van der Waals surface area contributed by atoms with Crippen LogP contribution < -0.4 is 5.32 Å². The van der Waals surface area contributed by atoms with Crippen LogP contribution in [0.3, 0.4) is 0 Å². The molecule has 2 atom stereocenters. The standard InChI is InChI=1S/C12H21N3OS.2ClH/c1-9-6-13-4-5-15(9)7-11-8-17-12(14-11)10(2)16-3;;/h8-10,13H,4-7H2,1-3H3;2*1H/t9-,10?;;/m0../s1. The molecule has 0 amide bonds. The molecule has 1 aliphatic heterocycles. The molecule has 0 aliphatic carbocycles. The minimum Gasteiger partial charge on any atom is -0.375 e. The Morgan fingerprint density at radius 2 is 2.32 bits per heavy atom. The van der Waals surface area contributed by atoms with Crippen LogP contribution in [0.5, 0.6) is 0 Å². The molecule has 1 aromatic rings. The van der Waals surface area contributed by atoms with Crippen LogP contribution in [0.4, 0.5) is 0 Å². The summed E-state index contributed by atoms with van der Waals surface area (Å²) in [6.45, 7) is 8.51. The fraction of sp³-hybridized carbons (Fsp3) is 0.750. The van der Waals surface area contributed by atoms with E-state index in [1.165, 1.54) is 5.69 Å². The number of hydrogen-bond donors (Lipinski definition) is 1. The molecule has 1 N–H and O–H groups in total.